The van der Waals surface area contributed by atoms with E-state index >= 15 is 0 Å². The average Bonchev–Trinajstić information content (AvgIpc) is 2.88. The number of fused-ring (bicyclic) bond motifs is 1. The summed E-state index contributed by atoms with van der Waals surface area (Å²) in [5, 5.41) is 0. The van der Waals surface area contributed by atoms with Crippen molar-refractivity contribution in [1.29, 1.82) is 0 Å². The van der Waals surface area contributed by atoms with E-state index in [9.17, 15) is 19.2 Å². The van der Waals surface area contributed by atoms with Gasteiger partial charge in [0.25, 0.3) is 11.8 Å². The fourth-order valence-corrected chi connectivity index (χ4v) is 4.28. The summed E-state index contributed by atoms with van der Waals surface area (Å²) in [4.78, 5) is 54.5. The van der Waals surface area contributed by atoms with Crippen LogP contribution >= 0.6 is 15.9 Å². The van der Waals surface area contributed by atoms with E-state index in [0.29, 0.717) is 37.3 Å². The number of halogens is 1. The predicted octanol–water partition coefficient (Wildman–Crippen LogP) is 1.91. The molecule has 0 aromatic heterocycles. The molecular weight excluding hydrogens is 426 g/mol. The second-order valence-corrected chi connectivity index (χ2v) is 8.45. The number of carbonyl (C=O) groups is 4. The quantitative estimate of drug-likeness (QED) is 0.660. The van der Waals surface area contributed by atoms with Crippen LogP contribution in [0.4, 0.5) is 0 Å². The lowest BCUT2D eigenvalue weighted by atomic mass is 9.84. The Kier molecular flexibility index (Phi) is 5.23. The lowest BCUT2D eigenvalue weighted by Gasteiger charge is -2.38. The molecule has 2 aliphatic heterocycles. The summed E-state index contributed by atoms with van der Waals surface area (Å²) in [5.74, 6) is -0.402. The highest BCUT2D eigenvalue weighted by molar-refractivity contribution is 9.10. The number of rotatable bonds is 4. The SMILES string of the molecule is O=C(CCN1C(=O)c2ccc(Br)cc2C1=O)N1CCN(C(=O)C2CCC2)CC1. The van der Waals surface area contributed by atoms with Crippen molar-refractivity contribution in [3.05, 3.63) is 33.8 Å². The molecule has 28 heavy (non-hydrogen) atoms. The first-order chi connectivity index (χ1) is 13.5. The standard InChI is InChI=1S/C20H22BrN3O4/c21-14-4-5-15-16(12-14)20(28)24(19(15)27)7-6-17(25)22-8-10-23(11-9-22)18(26)13-2-1-3-13/h4-5,12-13H,1-3,6-11H2. The third-order valence-electron chi connectivity index (χ3n) is 5.88. The van der Waals surface area contributed by atoms with Crippen LogP contribution < -0.4 is 0 Å². The molecule has 1 saturated carbocycles. The first-order valence-electron chi connectivity index (χ1n) is 9.68. The molecule has 1 aromatic rings. The molecule has 0 unspecified atom stereocenters. The second-order valence-electron chi connectivity index (χ2n) is 7.54. The summed E-state index contributed by atoms with van der Waals surface area (Å²) in [6.45, 7) is 2.20. The number of benzene rings is 1. The molecule has 1 saturated heterocycles. The Bertz CT molecular complexity index is 844. The van der Waals surface area contributed by atoms with E-state index in [4.69, 9.17) is 0 Å². The van der Waals surface area contributed by atoms with Crippen LogP contribution in [0.5, 0.6) is 0 Å². The Morgan fingerprint density at radius 1 is 0.964 bits per heavy atom. The zero-order chi connectivity index (χ0) is 19.8. The molecule has 3 aliphatic rings. The van der Waals surface area contributed by atoms with Crippen molar-refractivity contribution in [1.82, 2.24) is 14.7 Å². The number of piperazine rings is 1. The number of hydrogen-bond donors (Lipinski definition) is 0. The zero-order valence-corrected chi connectivity index (χ0v) is 17.1. The number of amides is 4. The first kappa shape index (κ1) is 19.1. The lowest BCUT2D eigenvalue weighted by Crippen LogP contribution is -2.53. The van der Waals surface area contributed by atoms with Gasteiger partial charge in [0.05, 0.1) is 11.1 Å². The monoisotopic (exact) mass is 447 g/mol. The molecule has 0 spiro atoms. The van der Waals surface area contributed by atoms with Crippen LogP contribution in [-0.2, 0) is 9.59 Å². The smallest absolute Gasteiger partial charge is 0.261 e. The minimum atomic E-state index is -0.356. The average molecular weight is 448 g/mol. The molecule has 2 fully saturated rings. The van der Waals surface area contributed by atoms with E-state index < -0.39 is 0 Å². The summed E-state index contributed by atoms with van der Waals surface area (Å²) in [6.07, 6.45) is 3.19. The Labute approximate surface area is 171 Å². The van der Waals surface area contributed by atoms with Gasteiger partial charge in [-0.2, -0.15) is 0 Å². The van der Waals surface area contributed by atoms with Crippen molar-refractivity contribution in [2.45, 2.75) is 25.7 Å². The van der Waals surface area contributed by atoms with Gasteiger partial charge >= 0.3 is 0 Å². The molecule has 0 bridgehead atoms. The van der Waals surface area contributed by atoms with E-state index in [1.807, 2.05) is 4.90 Å². The zero-order valence-electron chi connectivity index (χ0n) is 15.5. The van der Waals surface area contributed by atoms with Crippen LogP contribution in [0.25, 0.3) is 0 Å². The van der Waals surface area contributed by atoms with Crippen LogP contribution in [0.15, 0.2) is 22.7 Å². The summed E-state index contributed by atoms with van der Waals surface area (Å²) in [6, 6.07) is 4.98. The van der Waals surface area contributed by atoms with Gasteiger partial charge in [0, 0.05) is 49.5 Å². The maximum atomic E-state index is 12.5. The molecule has 4 rings (SSSR count). The fourth-order valence-electron chi connectivity index (χ4n) is 3.92. The Hall–Kier alpha value is -2.22. The fraction of sp³-hybridized carbons (Fsp3) is 0.500. The van der Waals surface area contributed by atoms with Gasteiger partial charge in [-0.15, -0.1) is 0 Å². The van der Waals surface area contributed by atoms with Gasteiger partial charge in [-0.05, 0) is 31.0 Å². The van der Waals surface area contributed by atoms with Crippen molar-refractivity contribution in [2.24, 2.45) is 5.92 Å². The summed E-state index contributed by atoms with van der Waals surface area (Å²) < 4.78 is 0.736. The number of imide groups is 1. The third-order valence-corrected chi connectivity index (χ3v) is 6.37. The van der Waals surface area contributed by atoms with Crippen LogP contribution in [-0.4, -0.2) is 71.1 Å². The van der Waals surface area contributed by atoms with Gasteiger partial charge in [-0.3, -0.25) is 24.1 Å². The van der Waals surface area contributed by atoms with E-state index in [1.54, 1.807) is 23.1 Å². The third kappa shape index (κ3) is 3.45. The van der Waals surface area contributed by atoms with Crippen molar-refractivity contribution in [3.63, 3.8) is 0 Å². The largest absolute Gasteiger partial charge is 0.339 e. The highest BCUT2D eigenvalue weighted by Gasteiger charge is 2.36. The number of hydrogen-bond acceptors (Lipinski definition) is 4. The van der Waals surface area contributed by atoms with Crippen LogP contribution in [0.1, 0.15) is 46.4 Å². The molecule has 0 radical (unpaired) electrons. The summed E-state index contributed by atoms with van der Waals surface area (Å²) >= 11 is 3.31. The van der Waals surface area contributed by atoms with E-state index in [0.717, 1.165) is 28.6 Å². The molecule has 8 heteroatoms. The van der Waals surface area contributed by atoms with Gasteiger partial charge in [-0.1, -0.05) is 22.4 Å². The van der Waals surface area contributed by atoms with Gasteiger partial charge in [0.1, 0.15) is 0 Å². The Balaban J connectivity index is 1.29. The molecule has 1 aromatic carbocycles. The highest BCUT2D eigenvalue weighted by atomic mass is 79.9. The minimum absolute atomic E-state index is 0.0734. The van der Waals surface area contributed by atoms with Crippen LogP contribution in [0.2, 0.25) is 0 Å². The first-order valence-corrected chi connectivity index (χ1v) is 10.5. The molecule has 4 amide bonds. The molecule has 148 valence electrons. The predicted molar refractivity (Wildman–Crippen MR) is 105 cm³/mol. The van der Waals surface area contributed by atoms with Crippen molar-refractivity contribution in [2.75, 3.05) is 32.7 Å². The van der Waals surface area contributed by atoms with Gasteiger partial charge in [0.15, 0.2) is 0 Å². The molecular formula is C20H22BrN3O4. The molecule has 0 N–H and O–H groups in total. The maximum absolute atomic E-state index is 12.5. The van der Waals surface area contributed by atoms with E-state index in [1.165, 1.54) is 0 Å². The highest BCUT2D eigenvalue weighted by Crippen LogP contribution is 2.29. The van der Waals surface area contributed by atoms with Crippen molar-refractivity contribution in [3.8, 4) is 0 Å². The molecule has 7 nitrogen and oxygen atoms in total. The Morgan fingerprint density at radius 3 is 2.25 bits per heavy atom. The van der Waals surface area contributed by atoms with E-state index in [2.05, 4.69) is 15.9 Å². The lowest BCUT2D eigenvalue weighted by molar-refractivity contribution is -0.144. The number of nitrogens with zero attached hydrogens (tertiary/aromatic N) is 3. The minimum Gasteiger partial charge on any atom is -0.339 e. The van der Waals surface area contributed by atoms with Gasteiger partial charge < -0.3 is 9.80 Å². The summed E-state index contributed by atoms with van der Waals surface area (Å²) in [5.41, 5.74) is 0.749. The van der Waals surface area contributed by atoms with Crippen LogP contribution in [0.3, 0.4) is 0 Å². The van der Waals surface area contributed by atoms with Gasteiger partial charge in [0.2, 0.25) is 11.8 Å². The Morgan fingerprint density at radius 2 is 1.61 bits per heavy atom. The van der Waals surface area contributed by atoms with Gasteiger partial charge in [-0.25, -0.2) is 0 Å². The van der Waals surface area contributed by atoms with Crippen LogP contribution in [0, 0.1) is 5.92 Å². The maximum Gasteiger partial charge on any atom is 0.261 e. The van der Waals surface area contributed by atoms with E-state index in [-0.39, 0.29) is 42.5 Å². The normalized spacial score (nSPS) is 19.7. The number of carbonyl (C=O) groups excluding carboxylic acids is 4. The molecule has 0 atom stereocenters. The molecule has 2 heterocycles. The van der Waals surface area contributed by atoms with Crippen molar-refractivity contribution >= 4 is 39.6 Å². The topological polar surface area (TPSA) is 78.0 Å². The summed E-state index contributed by atoms with van der Waals surface area (Å²) in [7, 11) is 0. The second kappa shape index (κ2) is 7.66. The molecule has 1 aliphatic carbocycles. The van der Waals surface area contributed by atoms with Crippen molar-refractivity contribution < 1.29 is 19.2 Å².